The van der Waals surface area contributed by atoms with E-state index in [1.54, 1.807) is 7.11 Å². The van der Waals surface area contributed by atoms with Crippen LogP contribution in [0.2, 0.25) is 0 Å². The summed E-state index contributed by atoms with van der Waals surface area (Å²) in [4.78, 5) is 4.59. The second kappa shape index (κ2) is 4.15. The van der Waals surface area contributed by atoms with E-state index in [9.17, 15) is 0 Å². The Hall–Kier alpha value is -0.530. The standard InChI is InChI=1S/C11H19NO.C2H6/c1-8-11(3)6-5-10(11,2)7-9(12-8)13-4;1-2/h8H,5-7H2,1-4H3;1-2H3. The Morgan fingerprint density at radius 3 is 2.20 bits per heavy atom. The summed E-state index contributed by atoms with van der Waals surface area (Å²) >= 11 is 0. The Labute approximate surface area is 94.1 Å². The first-order chi connectivity index (χ1) is 7.02. The molecule has 2 rings (SSSR count). The van der Waals surface area contributed by atoms with Crippen LogP contribution in [0.3, 0.4) is 0 Å². The van der Waals surface area contributed by atoms with Crippen molar-refractivity contribution in [2.75, 3.05) is 7.11 Å². The normalized spacial score (nSPS) is 42.8. The Morgan fingerprint density at radius 2 is 1.87 bits per heavy atom. The molecule has 0 aromatic heterocycles. The van der Waals surface area contributed by atoms with Crippen LogP contribution in [-0.4, -0.2) is 19.0 Å². The molecule has 3 atom stereocenters. The zero-order valence-electron chi connectivity index (χ0n) is 11.1. The van der Waals surface area contributed by atoms with Crippen LogP contribution in [0.1, 0.15) is 53.9 Å². The molecule has 0 spiro atoms. The quantitative estimate of drug-likeness (QED) is 0.599. The summed E-state index contributed by atoms with van der Waals surface area (Å²) in [6.45, 7) is 11.0. The highest BCUT2D eigenvalue weighted by Gasteiger charge is 2.58. The molecule has 0 aromatic rings. The van der Waals surface area contributed by atoms with E-state index >= 15 is 0 Å². The van der Waals surface area contributed by atoms with Gasteiger partial charge < -0.3 is 4.74 Å². The van der Waals surface area contributed by atoms with Crippen LogP contribution in [0.4, 0.5) is 0 Å². The number of ether oxygens (including phenoxy) is 1. The van der Waals surface area contributed by atoms with Gasteiger partial charge >= 0.3 is 0 Å². The molecular weight excluding hydrogens is 186 g/mol. The van der Waals surface area contributed by atoms with Gasteiger partial charge in [0.05, 0.1) is 13.2 Å². The van der Waals surface area contributed by atoms with Gasteiger partial charge in [0.2, 0.25) is 0 Å². The molecule has 0 radical (unpaired) electrons. The lowest BCUT2D eigenvalue weighted by Crippen LogP contribution is -2.56. The summed E-state index contributed by atoms with van der Waals surface area (Å²) in [5.41, 5.74) is 0.870. The molecule has 1 fully saturated rings. The third-order valence-corrected chi connectivity index (χ3v) is 4.61. The number of nitrogens with zero attached hydrogens (tertiary/aromatic N) is 1. The lowest BCUT2D eigenvalue weighted by Gasteiger charge is -2.60. The van der Waals surface area contributed by atoms with Gasteiger partial charge in [-0.2, -0.15) is 0 Å². The Kier molecular flexibility index (Phi) is 3.47. The zero-order valence-corrected chi connectivity index (χ0v) is 11.1. The van der Waals surface area contributed by atoms with E-state index < -0.39 is 0 Å². The average Bonchev–Trinajstić information content (AvgIpc) is 2.26. The molecule has 0 saturated heterocycles. The number of hydrogen-bond donors (Lipinski definition) is 0. The van der Waals surface area contributed by atoms with Crippen molar-refractivity contribution < 1.29 is 4.74 Å². The minimum atomic E-state index is 0.426. The van der Waals surface area contributed by atoms with Crippen molar-refractivity contribution in [3.8, 4) is 0 Å². The summed E-state index contributed by atoms with van der Waals surface area (Å²) in [7, 11) is 1.73. The number of rotatable bonds is 0. The van der Waals surface area contributed by atoms with Crippen molar-refractivity contribution in [1.82, 2.24) is 0 Å². The highest BCUT2D eigenvalue weighted by Crippen LogP contribution is 2.62. The van der Waals surface area contributed by atoms with Crippen LogP contribution in [0.25, 0.3) is 0 Å². The second-order valence-corrected chi connectivity index (χ2v) is 5.06. The zero-order chi connectivity index (χ0) is 11.7. The summed E-state index contributed by atoms with van der Waals surface area (Å²) in [5.74, 6) is 0.951. The van der Waals surface area contributed by atoms with Crippen molar-refractivity contribution in [2.45, 2.75) is 59.9 Å². The maximum absolute atomic E-state index is 5.27. The molecule has 1 aliphatic heterocycles. The Morgan fingerprint density at radius 1 is 1.27 bits per heavy atom. The van der Waals surface area contributed by atoms with E-state index in [-0.39, 0.29) is 0 Å². The van der Waals surface area contributed by atoms with Crippen molar-refractivity contribution >= 4 is 5.90 Å². The summed E-state index contributed by atoms with van der Waals surface area (Å²) < 4.78 is 5.27. The first-order valence-corrected chi connectivity index (χ1v) is 6.12. The monoisotopic (exact) mass is 211 g/mol. The molecule has 2 aliphatic rings. The van der Waals surface area contributed by atoms with Crippen LogP contribution in [0, 0.1) is 10.8 Å². The summed E-state index contributed by atoms with van der Waals surface area (Å²) in [6, 6.07) is 0.426. The third kappa shape index (κ3) is 1.68. The largest absolute Gasteiger partial charge is 0.484 e. The van der Waals surface area contributed by atoms with Gasteiger partial charge in [-0.25, -0.2) is 0 Å². The van der Waals surface area contributed by atoms with Gasteiger partial charge in [0.1, 0.15) is 0 Å². The number of aliphatic imine (C=N–C) groups is 1. The molecule has 1 saturated carbocycles. The Balaban J connectivity index is 0.000000531. The predicted molar refractivity (Wildman–Crippen MR) is 65.3 cm³/mol. The topological polar surface area (TPSA) is 21.6 Å². The lowest BCUT2D eigenvalue weighted by molar-refractivity contribution is -0.0729. The molecule has 0 amide bonds. The van der Waals surface area contributed by atoms with Crippen molar-refractivity contribution in [1.29, 1.82) is 0 Å². The van der Waals surface area contributed by atoms with E-state index in [4.69, 9.17) is 4.74 Å². The van der Waals surface area contributed by atoms with Crippen molar-refractivity contribution in [2.24, 2.45) is 15.8 Å². The summed E-state index contributed by atoms with van der Waals surface area (Å²) in [5, 5.41) is 0. The van der Waals surface area contributed by atoms with Gasteiger partial charge in [0.15, 0.2) is 5.90 Å². The van der Waals surface area contributed by atoms with Gasteiger partial charge in [0.25, 0.3) is 0 Å². The number of methoxy groups -OCH3 is 1. The molecular formula is C13H25NO. The van der Waals surface area contributed by atoms with Crippen molar-refractivity contribution in [3.63, 3.8) is 0 Å². The van der Waals surface area contributed by atoms with Gasteiger partial charge in [-0.1, -0.05) is 27.7 Å². The molecule has 88 valence electrons. The van der Waals surface area contributed by atoms with Gasteiger partial charge in [-0.15, -0.1) is 0 Å². The van der Waals surface area contributed by atoms with Gasteiger partial charge in [0, 0.05) is 6.42 Å². The molecule has 1 aliphatic carbocycles. The van der Waals surface area contributed by atoms with Crippen LogP contribution in [0.5, 0.6) is 0 Å². The minimum absolute atomic E-state index is 0.426. The fourth-order valence-corrected chi connectivity index (χ4v) is 2.81. The van der Waals surface area contributed by atoms with Crippen molar-refractivity contribution in [3.05, 3.63) is 0 Å². The Bertz CT molecular complexity index is 261. The van der Waals surface area contributed by atoms with E-state index in [0.29, 0.717) is 16.9 Å². The van der Waals surface area contributed by atoms with E-state index in [1.807, 2.05) is 13.8 Å². The SMILES string of the molecule is CC.COC1=NC(C)C2(C)CCC2(C)C1. The molecule has 0 aromatic carbocycles. The predicted octanol–water partition coefficient (Wildman–Crippen LogP) is 3.66. The molecule has 15 heavy (non-hydrogen) atoms. The van der Waals surface area contributed by atoms with E-state index in [2.05, 4.69) is 25.8 Å². The highest BCUT2D eigenvalue weighted by atomic mass is 16.5. The molecule has 0 bridgehead atoms. The molecule has 1 heterocycles. The average molecular weight is 211 g/mol. The highest BCUT2D eigenvalue weighted by molar-refractivity contribution is 5.78. The lowest BCUT2D eigenvalue weighted by atomic mass is 9.46. The number of hydrogen-bond acceptors (Lipinski definition) is 2. The van der Waals surface area contributed by atoms with Gasteiger partial charge in [-0.3, -0.25) is 4.99 Å². The second-order valence-electron chi connectivity index (χ2n) is 5.06. The van der Waals surface area contributed by atoms with Crippen LogP contribution >= 0.6 is 0 Å². The molecule has 3 unspecified atom stereocenters. The fourth-order valence-electron chi connectivity index (χ4n) is 2.81. The maximum atomic E-state index is 5.27. The van der Waals surface area contributed by atoms with Crippen LogP contribution < -0.4 is 0 Å². The van der Waals surface area contributed by atoms with Crippen LogP contribution in [0.15, 0.2) is 4.99 Å². The first kappa shape index (κ1) is 12.5. The minimum Gasteiger partial charge on any atom is -0.484 e. The first-order valence-electron chi connectivity index (χ1n) is 6.12. The summed E-state index contributed by atoms with van der Waals surface area (Å²) in [6.07, 6.45) is 3.69. The van der Waals surface area contributed by atoms with E-state index in [0.717, 1.165) is 12.3 Å². The smallest absolute Gasteiger partial charge is 0.183 e. The fraction of sp³-hybridized carbons (Fsp3) is 0.923. The maximum Gasteiger partial charge on any atom is 0.183 e. The molecule has 0 N–H and O–H groups in total. The van der Waals surface area contributed by atoms with Crippen LogP contribution in [-0.2, 0) is 4.74 Å². The van der Waals surface area contributed by atoms with E-state index in [1.165, 1.54) is 12.8 Å². The molecule has 2 nitrogen and oxygen atoms in total. The van der Waals surface area contributed by atoms with Gasteiger partial charge in [-0.05, 0) is 30.6 Å². The number of fused-ring (bicyclic) bond motifs is 1. The third-order valence-electron chi connectivity index (χ3n) is 4.61. The molecule has 2 heteroatoms.